The summed E-state index contributed by atoms with van der Waals surface area (Å²) in [6.45, 7) is 10.4. The van der Waals surface area contributed by atoms with Gasteiger partial charge in [-0.15, -0.1) is 0 Å². The Morgan fingerprint density at radius 1 is 0.895 bits per heavy atom. The van der Waals surface area contributed by atoms with Gasteiger partial charge in [0.05, 0.1) is 13.2 Å². The molecule has 0 aliphatic heterocycles. The summed E-state index contributed by atoms with van der Waals surface area (Å²) in [7, 11) is 0. The van der Waals surface area contributed by atoms with Gasteiger partial charge in [-0.25, -0.2) is 4.79 Å². The number of carbonyl (C=O) groups excluding carboxylic acids is 1. The second-order valence-corrected chi connectivity index (χ2v) is 9.78. The van der Waals surface area contributed by atoms with Gasteiger partial charge in [-0.1, -0.05) is 67.6 Å². The molecule has 0 aliphatic rings. The van der Waals surface area contributed by atoms with E-state index in [1.54, 1.807) is 0 Å². The first kappa shape index (κ1) is 29.2. The second kappa shape index (κ2) is 14.5. The van der Waals surface area contributed by atoms with Crippen LogP contribution in [0.3, 0.4) is 0 Å². The van der Waals surface area contributed by atoms with Gasteiger partial charge in [-0.3, -0.25) is 0 Å². The van der Waals surface area contributed by atoms with Crippen molar-refractivity contribution >= 4 is 5.97 Å². The molecule has 0 aliphatic carbocycles. The van der Waals surface area contributed by atoms with Crippen LogP contribution in [0, 0.1) is 19.8 Å². The highest BCUT2D eigenvalue weighted by Crippen LogP contribution is 2.32. The molecule has 5 nitrogen and oxygen atoms in total. The van der Waals surface area contributed by atoms with E-state index >= 15 is 0 Å². The number of aliphatic hydroxyl groups excluding tert-OH is 2. The van der Waals surface area contributed by atoms with E-state index < -0.39 is 0 Å². The number of hydrogen-bond acceptors (Lipinski definition) is 5. The number of aryl methyl sites for hydroxylation is 3. The average molecular weight is 517 g/mol. The Labute approximate surface area is 226 Å². The zero-order chi connectivity index (χ0) is 27.5. The summed E-state index contributed by atoms with van der Waals surface area (Å²) < 4.78 is 11.4. The summed E-state index contributed by atoms with van der Waals surface area (Å²) in [4.78, 5) is 12.0. The quantitative estimate of drug-likeness (QED) is 0.146. The third-order valence-corrected chi connectivity index (χ3v) is 6.82. The minimum absolute atomic E-state index is 0.0715. The molecule has 0 unspecified atom stereocenters. The summed E-state index contributed by atoms with van der Waals surface area (Å²) in [6, 6.07) is 21.3. The Kier molecular flexibility index (Phi) is 11.1. The minimum Gasteiger partial charge on any atom is -0.493 e. The number of benzene rings is 3. The van der Waals surface area contributed by atoms with Crippen LogP contribution in [0.25, 0.3) is 22.3 Å². The molecule has 0 fully saturated rings. The van der Waals surface area contributed by atoms with Crippen LogP contribution in [0.1, 0.15) is 42.9 Å². The lowest BCUT2D eigenvalue weighted by atomic mass is 9.93. The number of esters is 1. The summed E-state index contributed by atoms with van der Waals surface area (Å²) >= 11 is 0. The van der Waals surface area contributed by atoms with E-state index in [0.717, 1.165) is 22.4 Å². The number of ether oxygens (including phenoxy) is 2. The van der Waals surface area contributed by atoms with E-state index in [1.807, 2.05) is 13.0 Å². The normalized spacial score (nSPS) is 11.0. The van der Waals surface area contributed by atoms with Crippen LogP contribution < -0.4 is 4.74 Å². The van der Waals surface area contributed by atoms with E-state index in [2.05, 4.69) is 75.0 Å². The molecule has 3 rings (SSSR count). The van der Waals surface area contributed by atoms with Crippen molar-refractivity contribution in [2.45, 2.75) is 46.5 Å². The molecule has 0 saturated heterocycles. The van der Waals surface area contributed by atoms with E-state index in [-0.39, 0.29) is 25.1 Å². The molecule has 0 bridgehead atoms. The van der Waals surface area contributed by atoms with Gasteiger partial charge >= 0.3 is 5.97 Å². The Balaban J connectivity index is 1.79. The molecule has 3 aromatic rings. The van der Waals surface area contributed by atoms with Gasteiger partial charge in [0.1, 0.15) is 5.75 Å². The topological polar surface area (TPSA) is 76.0 Å². The first-order valence-electron chi connectivity index (χ1n) is 13.4. The van der Waals surface area contributed by atoms with Gasteiger partial charge in [0, 0.05) is 24.7 Å². The lowest BCUT2D eigenvalue weighted by molar-refractivity contribution is -0.139. The predicted octanol–water partition coefficient (Wildman–Crippen LogP) is 6.45. The number of aliphatic hydroxyl groups is 2. The van der Waals surface area contributed by atoms with Crippen LogP contribution in [0.2, 0.25) is 0 Å². The SMILES string of the molecule is C=C(CC)C(=O)OCCCc1cc(-c2ccc(-c3ccc(C)cc3)cc2C)ccc1OCCC(CO)CO. The highest BCUT2D eigenvalue weighted by atomic mass is 16.5. The van der Waals surface area contributed by atoms with E-state index in [9.17, 15) is 15.0 Å². The average Bonchev–Trinajstić information content (AvgIpc) is 2.93. The van der Waals surface area contributed by atoms with Crippen molar-refractivity contribution in [2.24, 2.45) is 5.92 Å². The first-order chi connectivity index (χ1) is 18.4. The summed E-state index contributed by atoms with van der Waals surface area (Å²) in [5.41, 5.74) is 8.56. The maximum atomic E-state index is 12.0. The monoisotopic (exact) mass is 516 g/mol. The Hall–Kier alpha value is -3.41. The van der Waals surface area contributed by atoms with Crippen LogP contribution in [0.4, 0.5) is 0 Å². The second-order valence-electron chi connectivity index (χ2n) is 9.78. The highest BCUT2D eigenvalue weighted by Gasteiger charge is 2.12. The number of hydrogen-bond donors (Lipinski definition) is 2. The Morgan fingerprint density at radius 2 is 1.58 bits per heavy atom. The summed E-state index contributed by atoms with van der Waals surface area (Å²) in [5, 5.41) is 18.7. The first-order valence-corrected chi connectivity index (χ1v) is 13.4. The van der Waals surface area contributed by atoms with Crippen molar-refractivity contribution in [3.8, 4) is 28.0 Å². The van der Waals surface area contributed by atoms with E-state index in [0.29, 0.717) is 44.5 Å². The maximum Gasteiger partial charge on any atom is 0.333 e. The van der Waals surface area contributed by atoms with Crippen LogP contribution in [0.15, 0.2) is 72.8 Å². The largest absolute Gasteiger partial charge is 0.493 e. The van der Waals surface area contributed by atoms with E-state index in [4.69, 9.17) is 9.47 Å². The predicted molar refractivity (Wildman–Crippen MR) is 153 cm³/mol. The molecule has 0 saturated carbocycles. The zero-order valence-corrected chi connectivity index (χ0v) is 22.8. The van der Waals surface area contributed by atoms with Gasteiger partial charge in [-0.05, 0) is 85.0 Å². The molecule has 0 amide bonds. The molecule has 202 valence electrons. The van der Waals surface area contributed by atoms with Gasteiger partial charge in [0.25, 0.3) is 0 Å². The molecule has 38 heavy (non-hydrogen) atoms. The Morgan fingerprint density at radius 3 is 2.24 bits per heavy atom. The van der Waals surface area contributed by atoms with Crippen molar-refractivity contribution < 1.29 is 24.5 Å². The molecule has 0 radical (unpaired) electrons. The molecule has 0 spiro atoms. The van der Waals surface area contributed by atoms with Crippen molar-refractivity contribution in [3.05, 3.63) is 89.5 Å². The molecule has 5 heteroatoms. The van der Waals surface area contributed by atoms with E-state index in [1.165, 1.54) is 22.3 Å². The summed E-state index contributed by atoms with van der Waals surface area (Å²) in [6.07, 6.45) is 2.47. The third kappa shape index (κ3) is 8.04. The fraction of sp³-hybridized carbons (Fsp3) is 0.364. The fourth-order valence-electron chi connectivity index (χ4n) is 4.25. The lowest BCUT2D eigenvalue weighted by Crippen LogP contribution is -2.15. The molecule has 2 N–H and O–H groups in total. The fourth-order valence-corrected chi connectivity index (χ4v) is 4.25. The molecule has 0 aromatic heterocycles. The third-order valence-electron chi connectivity index (χ3n) is 6.82. The number of carbonyl (C=O) groups is 1. The smallest absolute Gasteiger partial charge is 0.333 e. The molecule has 3 aromatic carbocycles. The zero-order valence-electron chi connectivity index (χ0n) is 22.8. The standard InChI is InChI=1S/C33H40O5/c1-5-24(3)33(36)38-17-6-7-30-20-29(13-15-32(30)37-18-16-26(21-34)22-35)31-14-12-28(19-25(31)4)27-10-8-23(2)9-11-27/h8-15,19-20,26,34-35H,3,5-7,16-18,21-22H2,1-2,4H3. The molecule has 0 atom stereocenters. The van der Waals surface area contributed by atoms with Crippen LogP contribution >= 0.6 is 0 Å². The maximum absolute atomic E-state index is 12.0. The van der Waals surface area contributed by atoms with Crippen molar-refractivity contribution in [1.29, 1.82) is 0 Å². The number of rotatable bonds is 14. The van der Waals surface area contributed by atoms with Crippen molar-refractivity contribution in [2.75, 3.05) is 26.4 Å². The van der Waals surface area contributed by atoms with Gasteiger partial charge in [0.15, 0.2) is 0 Å². The highest BCUT2D eigenvalue weighted by molar-refractivity contribution is 5.87. The van der Waals surface area contributed by atoms with Gasteiger partial charge in [0.2, 0.25) is 0 Å². The van der Waals surface area contributed by atoms with Crippen molar-refractivity contribution in [1.82, 2.24) is 0 Å². The Bertz CT molecular complexity index is 1210. The van der Waals surface area contributed by atoms with Gasteiger partial charge < -0.3 is 19.7 Å². The molecular formula is C33H40O5. The van der Waals surface area contributed by atoms with Crippen LogP contribution in [-0.4, -0.2) is 42.6 Å². The summed E-state index contributed by atoms with van der Waals surface area (Å²) in [5.74, 6) is 0.223. The minimum atomic E-state index is -0.346. The van der Waals surface area contributed by atoms with Crippen LogP contribution in [0.5, 0.6) is 5.75 Å². The van der Waals surface area contributed by atoms with Crippen molar-refractivity contribution in [3.63, 3.8) is 0 Å². The molecule has 0 heterocycles. The molecular weight excluding hydrogens is 476 g/mol. The lowest BCUT2D eigenvalue weighted by Gasteiger charge is -2.17. The van der Waals surface area contributed by atoms with Gasteiger partial charge in [-0.2, -0.15) is 0 Å². The van der Waals surface area contributed by atoms with Crippen LogP contribution in [-0.2, 0) is 16.0 Å².